The molecule has 0 radical (unpaired) electrons. The van der Waals surface area contributed by atoms with E-state index in [2.05, 4.69) is 5.73 Å². The highest BCUT2D eigenvalue weighted by atomic mass is 16.4. The molecular formula is C9H18N3O6-. The van der Waals surface area contributed by atoms with E-state index < -0.39 is 36.4 Å². The van der Waals surface area contributed by atoms with Gasteiger partial charge in [0.05, 0.1) is 11.9 Å². The molecule has 0 saturated heterocycles. The Balaban J connectivity index is 0. The maximum absolute atomic E-state index is 9.93. The molecule has 8 N–H and O–H groups in total. The summed E-state index contributed by atoms with van der Waals surface area (Å²) in [4.78, 5) is 29.5. The average Bonchev–Trinajstić information content (AvgIpc) is 2.25. The lowest BCUT2D eigenvalue weighted by Crippen LogP contribution is -2.68. The molecule has 0 heterocycles. The number of hydrogen-bond donors (Lipinski definition) is 4. The number of carbonyl (C=O) groups excluding carboxylic acids is 2. The normalized spacial score (nSPS) is 12.8. The van der Waals surface area contributed by atoms with Gasteiger partial charge >= 0.3 is 5.97 Å². The van der Waals surface area contributed by atoms with Crippen LogP contribution in [0, 0.1) is 0 Å². The molecule has 0 aromatic heterocycles. The van der Waals surface area contributed by atoms with Gasteiger partial charge in [-0.1, -0.05) is 0 Å². The third-order valence-electron chi connectivity index (χ3n) is 1.78. The molecule has 0 fully saturated rings. The van der Waals surface area contributed by atoms with Gasteiger partial charge in [0.1, 0.15) is 12.5 Å². The van der Waals surface area contributed by atoms with Gasteiger partial charge in [-0.3, -0.25) is 4.79 Å². The molecule has 0 amide bonds. The Labute approximate surface area is 104 Å². The summed E-state index contributed by atoms with van der Waals surface area (Å²) >= 11 is 0. The van der Waals surface area contributed by atoms with Crippen LogP contribution in [0.4, 0.5) is 0 Å². The van der Waals surface area contributed by atoms with Crippen molar-refractivity contribution >= 4 is 17.9 Å². The number of carboxylic acids is 3. The van der Waals surface area contributed by atoms with Crippen molar-refractivity contribution in [2.45, 2.75) is 31.3 Å². The Morgan fingerprint density at radius 3 is 1.94 bits per heavy atom. The van der Waals surface area contributed by atoms with Crippen molar-refractivity contribution in [1.29, 1.82) is 0 Å². The molecule has 0 aliphatic rings. The van der Waals surface area contributed by atoms with Gasteiger partial charge in [-0.25, -0.2) is 0 Å². The minimum absolute atomic E-state index is 0.402. The molecule has 0 aromatic rings. The first-order valence-corrected chi connectivity index (χ1v) is 5.14. The topological polar surface area (TPSA) is 197 Å². The summed E-state index contributed by atoms with van der Waals surface area (Å²) in [6, 6.07) is -2.00. The molecule has 9 heteroatoms. The van der Waals surface area contributed by atoms with Gasteiger partial charge < -0.3 is 42.1 Å². The van der Waals surface area contributed by atoms with Crippen molar-refractivity contribution in [2.75, 3.05) is 6.54 Å². The predicted octanol–water partition coefficient (Wildman–Crippen LogP) is -5.38. The molecule has 0 aliphatic heterocycles. The fourth-order valence-electron chi connectivity index (χ4n) is 0.750. The molecule has 0 aliphatic carbocycles. The summed E-state index contributed by atoms with van der Waals surface area (Å²) in [7, 11) is 0. The maximum Gasteiger partial charge on any atom is 0.309 e. The Morgan fingerprint density at radius 1 is 1.22 bits per heavy atom. The molecule has 0 saturated carbocycles. The molecule has 2 unspecified atom stereocenters. The Kier molecular flexibility index (Phi) is 10.8. The van der Waals surface area contributed by atoms with Crippen molar-refractivity contribution in [2.24, 2.45) is 11.5 Å². The first-order valence-electron chi connectivity index (χ1n) is 5.14. The molecule has 0 rings (SSSR count). The van der Waals surface area contributed by atoms with Crippen LogP contribution in [0.1, 0.15) is 19.3 Å². The predicted molar refractivity (Wildman–Crippen MR) is 55.2 cm³/mol. The monoisotopic (exact) mass is 264 g/mol. The summed E-state index contributed by atoms with van der Waals surface area (Å²) in [5.41, 5.74) is 13.2. The summed E-state index contributed by atoms with van der Waals surface area (Å²) in [5.74, 6) is -3.82. The van der Waals surface area contributed by atoms with Crippen LogP contribution in [0.3, 0.4) is 0 Å². The quantitative estimate of drug-likeness (QED) is 0.349. The number of carboxylic acid groups (broad SMARTS) is 3. The molecule has 106 valence electrons. The number of quaternary nitrogens is 1. The Morgan fingerprint density at radius 2 is 1.72 bits per heavy atom. The van der Waals surface area contributed by atoms with Gasteiger partial charge in [0.15, 0.2) is 0 Å². The van der Waals surface area contributed by atoms with E-state index in [1.54, 1.807) is 0 Å². The lowest BCUT2D eigenvalue weighted by atomic mass is 10.2. The molecular weight excluding hydrogens is 246 g/mol. The van der Waals surface area contributed by atoms with Crippen LogP contribution < -0.4 is 27.4 Å². The van der Waals surface area contributed by atoms with Crippen molar-refractivity contribution in [3.8, 4) is 0 Å². The van der Waals surface area contributed by atoms with E-state index in [0.29, 0.717) is 19.4 Å². The third-order valence-corrected chi connectivity index (χ3v) is 1.78. The summed E-state index contributed by atoms with van der Waals surface area (Å²) in [5, 5.41) is 27.7. The SMILES string of the molecule is NCCCC(N)C(=O)[O-].[NH3+]C(CC(=O)O)C(=O)[O-]. The molecule has 18 heavy (non-hydrogen) atoms. The van der Waals surface area contributed by atoms with Crippen LogP contribution in [-0.2, 0) is 14.4 Å². The van der Waals surface area contributed by atoms with Crippen molar-refractivity contribution in [3.63, 3.8) is 0 Å². The molecule has 0 bridgehead atoms. The van der Waals surface area contributed by atoms with Gasteiger partial charge in [-0.05, 0) is 19.4 Å². The fourth-order valence-corrected chi connectivity index (χ4v) is 0.750. The summed E-state index contributed by atoms with van der Waals surface area (Å²) in [6.07, 6.45) is 0.552. The van der Waals surface area contributed by atoms with E-state index in [0.717, 1.165) is 0 Å². The highest BCUT2D eigenvalue weighted by molar-refractivity contribution is 5.77. The van der Waals surface area contributed by atoms with Crippen molar-refractivity contribution in [3.05, 3.63) is 0 Å². The van der Waals surface area contributed by atoms with E-state index in [9.17, 15) is 24.6 Å². The van der Waals surface area contributed by atoms with E-state index in [1.165, 1.54) is 0 Å². The van der Waals surface area contributed by atoms with Crippen molar-refractivity contribution < 1.29 is 35.4 Å². The fraction of sp³-hybridized carbons (Fsp3) is 0.667. The second kappa shape index (κ2) is 10.4. The second-order valence-corrected chi connectivity index (χ2v) is 3.47. The largest absolute Gasteiger partial charge is 0.548 e. The van der Waals surface area contributed by atoms with Crippen LogP contribution in [0.15, 0.2) is 0 Å². The highest BCUT2D eigenvalue weighted by Gasteiger charge is 2.11. The first-order chi connectivity index (χ1) is 8.22. The van der Waals surface area contributed by atoms with E-state index >= 15 is 0 Å². The van der Waals surface area contributed by atoms with Crippen LogP contribution >= 0.6 is 0 Å². The van der Waals surface area contributed by atoms with Gasteiger partial charge in [0.2, 0.25) is 0 Å². The van der Waals surface area contributed by atoms with Gasteiger partial charge in [0, 0.05) is 6.04 Å². The third kappa shape index (κ3) is 12.4. The number of hydrogen-bond acceptors (Lipinski definition) is 7. The molecule has 0 spiro atoms. The zero-order valence-corrected chi connectivity index (χ0v) is 9.83. The lowest BCUT2D eigenvalue weighted by Gasteiger charge is -2.10. The highest BCUT2D eigenvalue weighted by Crippen LogP contribution is 1.89. The van der Waals surface area contributed by atoms with E-state index in [1.807, 2.05) is 0 Å². The first kappa shape index (κ1) is 18.6. The molecule has 9 nitrogen and oxygen atoms in total. The number of aliphatic carboxylic acids is 3. The minimum Gasteiger partial charge on any atom is -0.548 e. The zero-order valence-electron chi connectivity index (χ0n) is 9.83. The molecule has 2 atom stereocenters. The van der Waals surface area contributed by atoms with Crippen LogP contribution in [0.5, 0.6) is 0 Å². The summed E-state index contributed by atoms with van der Waals surface area (Å²) in [6.45, 7) is 0.473. The second-order valence-electron chi connectivity index (χ2n) is 3.47. The lowest BCUT2D eigenvalue weighted by molar-refractivity contribution is -0.436. The number of rotatable bonds is 7. The van der Waals surface area contributed by atoms with Crippen LogP contribution in [-0.4, -0.2) is 41.6 Å². The van der Waals surface area contributed by atoms with Crippen LogP contribution in [0.2, 0.25) is 0 Å². The zero-order chi connectivity index (χ0) is 14.7. The minimum atomic E-state index is -1.43. The molecule has 0 aromatic carbocycles. The van der Waals surface area contributed by atoms with Gasteiger partial charge in [0.25, 0.3) is 0 Å². The number of nitrogens with two attached hydrogens (primary N) is 2. The van der Waals surface area contributed by atoms with E-state index in [-0.39, 0.29) is 0 Å². The Bertz CT molecular complexity index is 283. The van der Waals surface area contributed by atoms with Gasteiger partial charge in [-0.15, -0.1) is 0 Å². The van der Waals surface area contributed by atoms with Crippen molar-refractivity contribution in [1.82, 2.24) is 0 Å². The number of carbonyl (C=O) groups is 3. The van der Waals surface area contributed by atoms with E-state index in [4.69, 9.17) is 16.6 Å². The average molecular weight is 264 g/mol. The Hall–Kier alpha value is -1.71. The van der Waals surface area contributed by atoms with Crippen LogP contribution in [0.25, 0.3) is 0 Å². The standard InChI is InChI=1S/C5H12N2O2.C4H7NO4/c6-3-1-2-4(7)5(8)9;5-2(4(8)9)1-3(6)7/h4H,1-3,6-7H2,(H,8,9);2H,1,5H2,(H,6,7)(H,8,9)/p-1. The maximum atomic E-state index is 9.93. The smallest absolute Gasteiger partial charge is 0.309 e. The summed E-state index contributed by atoms with van der Waals surface area (Å²) < 4.78 is 0. The van der Waals surface area contributed by atoms with Gasteiger partial charge in [-0.2, -0.15) is 0 Å².